The number of nitrogens with zero attached hydrogens (tertiary/aromatic N) is 9. The van der Waals surface area contributed by atoms with Crippen LogP contribution in [0.3, 0.4) is 0 Å². The van der Waals surface area contributed by atoms with Crippen molar-refractivity contribution >= 4 is 75.1 Å². The van der Waals surface area contributed by atoms with E-state index in [0.29, 0.717) is 83.0 Å². The molecule has 24 heteroatoms. The number of anilines is 1. The van der Waals surface area contributed by atoms with Gasteiger partial charge in [-0.1, -0.05) is 36.4 Å². The number of aromatic nitrogens is 6. The summed E-state index contributed by atoms with van der Waals surface area (Å²) in [6, 6.07) is 20.4. The molecule has 10 rings (SSSR count). The van der Waals surface area contributed by atoms with Crippen molar-refractivity contribution in [2.24, 2.45) is 14.1 Å². The van der Waals surface area contributed by atoms with Gasteiger partial charge in [-0.2, -0.15) is 22.9 Å². The van der Waals surface area contributed by atoms with Crippen LogP contribution in [0.4, 0.5) is 11.4 Å². The fraction of sp³-hybridized carbons (Fsp3) is 0.292. The molecule has 4 aromatic carbocycles. The van der Waals surface area contributed by atoms with E-state index in [0.717, 1.165) is 26.6 Å². The third kappa shape index (κ3) is 12.6. The van der Waals surface area contributed by atoms with E-state index in [2.05, 4.69) is 29.6 Å². The van der Waals surface area contributed by atoms with Crippen molar-refractivity contribution in [2.45, 2.75) is 12.2 Å². The fourth-order valence-electron chi connectivity index (χ4n) is 8.05. The van der Waals surface area contributed by atoms with Crippen molar-refractivity contribution in [3.05, 3.63) is 135 Å². The van der Waals surface area contributed by atoms with Crippen LogP contribution >= 0.6 is 0 Å². The van der Waals surface area contributed by atoms with Crippen molar-refractivity contribution in [1.29, 1.82) is 0 Å². The monoisotopic (exact) mass is 1050 g/mol. The summed E-state index contributed by atoms with van der Waals surface area (Å²) in [7, 11) is -1.32. The molecule has 0 saturated carbocycles. The maximum Gasteiger partial charge on any atom is 1.00 e. The Hall–Kier alpha value is -5.16. The molecule has 2 fully saturated rings. The SMILES string of the molecule is CN(C[C@@H]1COCCO1)S(=O)(=O)Nc1ccc2ccc3ncc(-c4cnn(C)c4)cc3c(=O)c2c1.CN(C[C@@H]1COCCO1)S(=O)(=O)[N-]c1ccc2ccc3ncc(-c4cnn(C)c4)cc3c(=O)c2c1.O.[K+]. The summed E-state index contributed by atoms with van der Waals surface area (Å²) in [6.07, 6.45) is 9.84. The zero-order valence-electron chi connectivity index (χ0n) is 40.1. The summed E-state index contributed by atoms with van der Waals surface area (Å²) in [4.78, 5) is 36.0. The molecule has 0 amide bonds. The molecule has 4 aromatic heterocycles. The summed E-state index contributed by atoms with van der Waals surface area (Å²) in [5, 5.41) is 11.3. The summed E-state index contributed by atoms with van der Waals surface area (Å²) in [5.41, 5.74) is 4.28. The third-order valence-electron chi connectivity index (χ3n) is 11.8. The number of aryl methyl sites for hydroxylation is 2. The van der Waals surface area contributed by atoms with E-state index in [9.17, 15) is 26.4 Å². The summed E-state index contributed by atoms with van der Waals surface area (Å²) in [5.74, 6) is 0. The molecule has 2 aliphatic rings. The predicted octanol–water partition coefficient (Wildman–Crippen LogP) is 1.08. The summed E-state index contributed by atoms with van der Waals surface area (Å²) in [6.45, 7) is 2.80. The molecule has 6 heterocycles. The molecule has 3 N–H and O–H groups in total. The Morgan fingerprint density at radius 2 is 1.11 bits per heavy atom. The van der Waals surface area contributed by atoms with Crippen molar-refractivity contribution < 1.29 is 92.6 Å². The van der Waals surface area contributed by atoms with Crippen LogP contribution in [0.2, 0.25) is 0 Å². The number of ether oxygens (including phenoxy) is 4. The maximum absolute atomic E-state index is 13.5. The van der Waals surface area contributed by atoms with Crippen LogP contribution in [0, 0.1) is 0 Å². The molecule has 2 aliphatic heterocycles. The largest absolute Gasteiger partial charge is 1.00 e. The first kappa shape index (κ1) is 54.6. The molecule has 0 radical (unpaired) electrons. The minimum Gasteiger partial charge on any atom is -0.564 e. The molecule has 372 valence electrons. The van der Waals surface area contributed by atoms with E-state index in [1.807, 2.05) is 26.5 Å². The van der Waals surface area contributed by atoms with Gasteiger partial charge in [-0.25, -0.2) is 12.7 Å². The Labute approximate surface area is 457 Å². The Bertz CT molecular complexity index is 3380. The first-order chi connectivity index (χ1) is 33.6. The van der Waals surface area contributed by atoms with Gasteiger partial charge in [-0.3, -0.25) is 33.6 Å². The van der Waals surface area contributed by atoms with Crippen molar-refractivity contribution in [2.75, 3.05) is 71.5 Å². The number of pyridine rings is 2. The molecule has 0 spiro atoms. The van der Waals surface area contributed by atoms with Crippen molar-refractivity contribution in [3.8, 4) is 22.3 Å². The second-order valence-corrected chi connectivity index (χ2v) is 20.4. The first-order valence-corrected chi connectivity index (χ1v) is 25.0. The van der Waals surface area contributed by atoms with Gasteiger partial charge in [0.1, 0.15) is 0 Å². The van der Waals surface area contributed by atoms with Gasteiger partial charge in [0.25, 0.3) is 0 Å². The maximum atomic E-state index is 13.5. The number of hydrogen-bond donors (Lipinski definition) is 1. The quantitative estimate of drug-likeness (QED) is 0.168. The minimum absolute atomic E-state index is 0. The van der Waals surface area contributed by atoms with Gasteiger partial charge in [-0.15, -0.1) is 5.69 Å². The van der Waals surface area contributed by atoms with E-state index in [1.54, 1.807) is 101 Å². The van der Waals surface area contributed by atoms with E-state index in [4.69, 9.17) is 18.9 Å². The van der Waals surface area contributed by atoms with Gasteiger partial charge >= 0.3 is 61.6 Å². The van der Waals surface area contributed by atoms with E-state index in [-0.39, 0.29) is 104 Å². The van der Waals surface area contributed by atoms with Crippen LogP contribution in [-0.2, 0) is 53.5 Å². The number of nitrogens with one attached hydrogen (secondary N) is 1. The Kier molecular flexibility index (Phi) is 17.7. The number of benzene rings is 2. The predicted molar refractivity (Wildman–Crippen MR) is 270 cm³/mol. The van der Waals surface area contributed by atoms with Crippen LogP contribution in [0.5, 0.6) is 0 Å². The van der Waals surface area contributed by atoms with E-state index >= 15 is 0 Å². The Balaban J connectivity index is 0.000000206. The van der Waals surface area contributed by atoms with Crippen molar-refractivity contribution in [1.82, 2.24) is 38.1 Å². The second-order valence-electron chi connectivity index (χ2n) is 16.9. The number of likely N-dealkylation sites (N-methyl/N-ethyl adjacent to an activating group) is 2. The van der Waals surface area contributed by atoms with Crippen LogP contribution in [0.15, 0.2) is 120 Å². The summed E-state index contributed by atoms with van der Waals surface area (Å²) >= 11 is 0. The average Bonchev–Trinajstić information content (AvgIpc) is 3.94. The third-order valence-corrected chi connectivity index (χ3v) is 14.6. The standard InChI is InChI=1S/2C24H25N5O5S.K.H2O/c2*1-28-13-18(12-26-28)17-9-22-23(25-11-17)6-4-16-3-5-19(10-21(16)24(22)30)27-35(31,32)29(2)14-20-15-33-7-8-34-20;;/h3-6,9-13,20H,7-8,14-15H2,1-2H3,(H,25,27,30);3-6,9-13,20,27H,7-8,14-15H2,1-2H3;;1H2/q;;+1;/p-1/t2*20-;;/m11../s1. The molecule has 8 aromatic rings. The smallest absolute Gasteiger partial charge is 0.564 e. The topological polar surface area (TPSA) is 265 Å². The van der Waals surface area contributed by atoms with Gasteiger partial charge in [0.2, 0.25) is 0 Å². The molecule has 2 saturated heterocycles. The molecule has 0 unspecified atom stereocenters. The van der Waals surface area contributed by atoms with Gasteiger partial charge in [0.15, 0.2) is 21.1 Å². The summed E-state index contributed by atoms with van der Waals surface area (Å²) < 4.78 is 85.4. The van der Waals surface area contributed by atoms with Gasteiger partial charge in [0, 0.05) is 110 Å². The Morgan fingerprint density at radius 1 is 0.625 bits per heavy atom. The van der Waals surface area contributed by atoms with E-state index in [1.165, 1.54) is 24.5 Å². The molecular formula is C48H51KN10O11S2. The second kappa shape index (κ2) is 23.4. The molecule has 0 bridgehead atoms. The minimum atomic E-state index is -3.99. The van der Waals surface area contributed by atoms with Crippen LogP contribution in [0.1, 0.15) is 0 Å². The zero-order chi connectivity index (χ0) is 49.2. The Morgan fingerprint density at radius 3 is 1.60 bits per heavy atom. The normalized spacial score (nSPS) is 16.2. The molecule has 21 nitrogen and oxygen atoms in total. The zero-order valence-corrected chi connectivity index (χ0v) is 44.9. The number of hydrogen-bond acceptors (Lipinski definition) is 14. The first-order valence-electron chi connectivity index (χ1n) is 22.1. The molecule has 0 aliphatic carbocycles. The van der Waals surface area contributed by atoms with Crippen LogP contribution in [-0.4, -0.2) is 139 Å². The number of fused-ring (bicyclic) bond motifs is 4. The van der Waals surface area contributed by atoms with Crippen LogP contribution in [0.25, 0.3) is 70.3 Å². The number of rotatable bonds is 12. The molecule has 2 atom stereocenters. The van der Waals surface area contributed by atoms with Crippen LogP contribution < -0.4 is 67.0 Å². The van der Waals surface area contributed by atoms with Crippen molar-refractivity contribution in [3.63, 3.8) is 0 Å². The van der Waals surface area contributed by atoms with Gasteiger partial charge in [0.05, 0.1) is 81.0 Å². The van der Waals surface area contributed by atoms with Gasteiger partial charge in [-0.05, 0) is 47.2 Å². The molecular weight excluding hydrogens is 996 g/mol. The fourth-order valence-corrected chi connectivity index (χ4v) is 9.87. The van der Waals surface area contributed by atoms with E-state index < -0.39 is 20.4 Å². The molecule has 72 heavy (non-hydrogen) atoms. The average molecular weight is 1050 g/mol. The van der Waals surface area contributed by atoms with Gasteiger partial charge < -0.3 is 29.1 Å².